The van der Waals surface area contributed by atoms with Gasteiger partial charge in [-0.15, -0.1) is 0 Å². The summed E-state index contributed by atoms with van der Waals surface area (Å²) in [6.45, 7) is 1.97. The first-order valence-corrected chi connectivity index (χ1v) is 24.7. The number of furan rings is 1. The molecule has 0 bridgehead atoms. The van der Waals surface area contributed by atoms with Gasteiger partial charge in [0.15, 0.2) is 0 Å². The molecule has 11 aromatic rings. The minimum Gasteiger partial charge on any atom is -0.455 e. The molecule has 4 heterocycles. The van der Waals surface area contributed by atoms with Crippen LogP contribution in [0.2, 0.25) is 0 Å². The van der Waals surface area contributed by atoms with Gasteiger partial charge in [-0.25, -0.2) is 0 Å². The number of para-hydroxylation sites is 4. The number of benzene rings is 10. The van der Waals surface area contributed by atoms with E-state index in [1.807, 2.05) is 23.5 Å². The summed E-state index contributed by atoms with van der Waals surface area (Å²) in [7, 11) is 0. The van der Waals surface area contributed by atoms with Gasteiger partial charge in [0.1, 0.15) is 11.2 Å². The summed E-state index contributed by atoms with van der Waals surface area (Å²) in [6.07, 6.45) is 0. The Morgan fingerprint density at radius 2 is 1.10 bits per heavy atom. The number of aryl methyl sites for hydroxylation is 1. The molecule has 0 saturated carbocycles. The van der Waals surface area contributed by atoms with Crippen molar-refractivity contribution in [3.63, 3.8) is 0 Å². The standard InChI is InChI=1S/C61H40BN3OS2/c1-39-18-11-13-28-50(39)64-51-33-32-44(63(42-22-7-3-8-23-42)43-24-9-4-10-25-43)35-49(51)62-60-53(64)36-47-46-27-12-14-29-54(46)66-61(47)59(60)48-37-57-58(68-56-31-16-15-30-55(56)67-57)38-52(48)65(62)45-26-17-21-41(34-45)40-19-5-2-6-20-40/h2-38H,1H3. The highest BCUT2D eigenvalue weighted by Crippen LogP contribution is 2.56. The second-order valence-corrected chi connectivity index (χ2v) is 19.9. The van der Waals surface area contributed by atoms with Crippen LogP contribution in [0.4, 0.5) is 45.5 Å². The average Bonchev–Trinajstić information content (AvgIpc) is 3.77. The molecule has 7 heteroatoms. The molecule has 3 aliphatic heterocycles. The van der Waals surface area contributed by atoms with Gasteiger partial charge in [0.25, 0.3) is 0 Å². The van der Waals surface area contributed by atoms with Gasteiger partial charge in [-0.3, -0.25) is 0 Å². The quantitative estimate of drug-likeness (QED) is 0.154. The topological polar surface area (TPSA) is 22.9 Å². The van der Waals surface area contributed by atoms with E-state index < -0.39 is 0 Å². The van der Waals surface area contributed by atoms with E-state index in [1.165, 1.54) is 47.2 Å². The summed E-state index contributed by atoms with van der Waals surface area (Å²) in [5, 5.41) is 2.23. The van der Waals surface area contributed by atoms with Crippen LogP contribution in [0.15, 0.2) is 248 Å². The van der Waals surface area contributed by atoms with Crippen LogP contribution in [-0.2, 0) is 0 Å². The predicted molar refractivity (Wildman–Crippen MR) is 287 cm³/mol. The summed E-state index contributed by atoms with van der Waals surface area (Å²) in [5.74, 6) is 0. The third kappa shape index (κ3) is 6.12. The van der Waals surface area contributed by atoms with Gasteiger partial charge in [-0.1, -0.05) is 151 Å². The third-order valence-electron chi connectivity index (χ3n) is 13.8. The van der Waals surface area contributed by atoms with Crippen LogP contribution in [0.3, 0.4) is 0 Å². The Morgan fingerprint density at radius 1 is 0.456 bits per heavy atom. The van der Waals surface area contributed by atoms with E-state index in [0.29, 0.717) is 0 Å². The van der Waals surface area contributed by atoms with Crippen molar-refractivity contribution >= 4 is 109 Å². The molecule has 320 valence electrons. The zero-order valence-electron chi connectivity index (χ0n) is 37.0. The normalized spacial score (nSPS) is 13.2. The highest BCUT2D eigenvalue weighted by Gasteiger charge is 2.47. The highest BCUT2D eigenvalue weighted by molar-refractivity contribution is 8.05. The number of nitrogens with zero attached hydrogens (tertiary/aromatic N) is 3. The first-order chi connectivity index (χ1) is 33.6. The molecular formula is C61H40BN3OS2. The number of fused-ring (bicyclic) bond motifs is 10. The zero-order valence-corrected chi connectivity index (χ0v) is 38.6. The molecule has 0 fully saturated rings. The van der Waals surface area contributed by atoms with Crippen LogP contribution in [0.5, 0.6) is 0 Å². The Labute approximate surface area is 404 Å². The van der Waals surface area contributed by atoms with Gasteiger partial charge in [-0.05, 0) is 132 Å². The molecule has 68 heavy (non-hydrogen) atoms. The maximum Gasteiger partial charge on any atom is 0.333 e. The van der Waals surface area contributed by atoms with Crippen molar-refractivity contribution < 1.29 is 4.42 Å². The second-order valence-electron chi connectivity index (χ2n) is 17.7. The van der Waals surface area contributed by atoms with E-state index in [2.05, 4.69) is 246 Å². The van der Waals surface area contributed by atoms with Crippen LogP contribution < -0.4 is 25.5 Å². The fourth-order valence-electron chi connectivity index (χ4n) is 10.8. The van der Waals surface area contributed by atoms with Crippen molar-refractivity contribution in [3.05, 3.63) is 230 Å². The summed E-state index contributed by atoms with van der Waals surface area (Å²) >= 11 is 3.73. The molecule has 0 atom stereocenters. The van der Waals surface area contributed by atoms with Gasteiger partial charge in [0, 0.05) is 87.0 Å². The molecule has 0 N–H and O–H groups in total. The molecule has 0 amide bonds. The van der Waals surface area contributed by atoms with Crippen molar-refractivity contribution in [3.8, 4) is 22.3 Å². The Kier molecular flexibility index (Phi) is 9.04. The average molecular weight is 906 g/mol. The molecule has 1 aromatic heterocycles. The molecule has 0 aliphatic carbocycles. The van der Waals surface area contributed by atoms with Crippen molar-refractivity contribution in [2.45, 2.75) is 26.5 Å². The van der Waals surface area contributed by atoms with Gasteiger partial charge >= 0.3 is 6.85 Å². The molecule has 0 saturated heterocycles. The van der Waals surface area contributed by atoms with E-state index in [1.54, 1.807) is 0 Å². The van der Waals surface area contributed by atoms with E-state index >= 15 is 0 Å². The first-order valence-electron chi connectivity index (χ1n) is 23.1. The predicted octanol–water partition coefficient (Wildman–Crippen LogP) is 16.4. The van der Waals surface area contributed by atoms with E-state index in [-0.39, 0.29) is 6.85 Å². The van der Waals surface area contributed by atoms with Crippen LogP contribution in [0.25, 0.3) is 44.2 Å². The molecule has 0 unspecified atom stereocenters. The largest absolute Gasteiger partial charge is 0.455 e. The number of hydrogen-bond acceptors (Lipinski definition) is 6. The van der Waals surface area contributed by atoms with Crippen LogP contribution >= 0.6 is 23.5 Å². The minimum atomic E-state index is -0.258. The molecule has 0 spiro atoms. The summed E-state index contributed by atoms with van der Waals surface area (Å²) in [5.41, 5.74) is 19.1. The van der Waals surface area contributed by atoms with Crippen LogP contribution in [0, 0.1) is 6.92 Å². The number of hydrogen-bond donors (Lipinski definition) is 0. The summed E-state index contributed by atoms with van der Waals surface area (Å²) in [4.78, 5) is 12.6. The van der Waals surface area contributed by atoms with Crippen LogP contribution in [0.1, 0.15) is 5.56 Å². The van der Waals surface area contributed by atoms with Gasteiger partial charge in [-0.2, -0.15) is 0 Å². The number of anilines is 8. The van der Waals surface area contributed by atoms with Gasteiger partial charge < -0.3 is 19.0 Å². The van der Waals surface area contributed by atoms with E-state index in [4.69, 9.17) is 4.42 Å². The van der Waals surface area contributed by atoms with Crippen LogP contribution in [-0.4, -0.2) is 6.85 Å². The molecule has 4 nitrogen and oxygen atoms in total. The highest BCUT2D eigenvalue weighted by atomic mass is 32.2. The molecule has 3 aliphatic rings. The van der Waals surface area contributed by atoms with Crippen molar-refractivity contribution in [2.75, 3.05) is 14.6 Å². The maximum absolute atomic E-state index is 7.17. The van der Waals surface area contributed by atoms with Crippen molar-refractivity contribution in [1.82, 2.24) is 0 Å². The molecule has 14 rings (SSSR count). The lowest BCUT2D eigenvalue weighted by Crippen LogP contribution is -2.61. The lowest BCUT2D eigenvalue weighted by Gasteiger charge is -2.46. The van der Waals surface area contributed by atoms with E-state index in [0.717, 1.165) is 78.6 Å². The summed E-state index contributed by atoms with van der Waals surface area (Å²) < 4.78 is 7.17. The Hall–Kier alpha value is -7.84. The van der Waals surface area contributed by atoms with Crippen molar-refractivity contribution in [1.29, 1.82) is 0 Å². The van der Waals surface area contributed by atoms with Crippen molar-refractivity contribution in [2.24, 2.45) is 0 Å². The summed E-state index contributed by atoms with van der Waals surface area (Å²) in [6, 6.07) is 82.0. The maximum atomic E-state index is 7.17. The van der Waals surface area contributed by atoms with Gasteiger partial charge in [0.05, 0.1) is 0 Å². The zero-order chi connectivity index (χ0) is 44.9. The Balaban J connectivity index is 1.12. The third-order valence-corrected chi connectivity index (χ3v) is 16.3. The molecular weight excluding hydrogens is 866 g/mol. The smallest absolute Gasteiger partial charge is 0.333 e. The van der Waals surface area contributed by atoms with Gasteiger partial charge in [0.2, 0.25) is 0 Å². The first kappa shape index (κ1) is 39.3. The lowest BCUT2D eigenvalue weighted by atomic mass is 9.43. The van der Waals surface area contributed by atoms with E-state index in [9.17, 15) is 0 Å². The Bertz CT molecular complexity index is 3760. The minimum absolute atomic E-state index is 0.258. The molecule has 10 aromatic carbocycles. The lowest BCUT2D eigenvalue weighted by molar-refractivity contribution is 0.670. The fourth-order valence-corrected chi connectivity index (χ4v) is 13.0. The monoisotopic (exact) mass is 905 g/mol. The molecule has 0 radical (unpaired) electrons. The fraction of sp³-hybridized carbons (Fsp3) is 0.0164. The number of rotatable bonds is 6. The Morgan fingerprint density at radius 3 is 1.85 bits per heavy atom. The SMILES string of the molecule is Cc1ccccc1N1c2ccc(N(c3ccccc3)c3ccccc3)cc2B2c3c1cc1c(oc4ccccc41)c3-c1cc3c(cc1N2c1cccc(-c2ccccc2)c1)Sc1ccccc1S3. The second kappa shape index (κ2) is 15.6.